The van der Waals surface area contributed by atoms with Crippen LogP contribution in [0.5, 0.6) is 0 Å². The highest BCUT2D eigenvalue weighted by atomic mass is 16.6. The van der Waals surface area contributed by atoms with Crippen LogP contribution in [0.25, 0.3) is 0 Å². The van der Waals surface area contributed by atoms with Crippen LogP contribution in [0.1, 0.15) is 0 Å². The van der Waals surface area contributed by atoms with Gasteiger partial charge in [0, 0.05) is 12.2 Å². The van der Waals surface area contributed by atoms with Gasteiger partial charge in [-0.25, -0.2) is 14.4 Å². The van der Waals surface area contributed by atoms with Crippen molar-refractivity contribution in [2.45, 2.75) is 5.54 Å². The minimum atomic E-state index is -1.07. The molecule has 18 heavy (non-hydrogen) atoms. The van der Waals surface area contributed by atoms with Crippen molar-refractivity contribution in [1.82, 2.24) is 5.32 Å². The predicted octanol–water partition coefficient (Wildman–Crippen LogP) is -0.0766. The molecule has 1 aliphatic rings. The highest BCUT2D eigenvalue weighted by molar-refractivity contribution is 5.82. The van der Waals surface area contributed by atoms with Crippen LogP contribution in [0.4, 0.5) is 4.79 Å². The molecule has 1 rings (SSSR count). The summed E-state index contributed by atoms with van der Waals surface area (Å²) in [5, 5.41) is 2.44. The molecule has 1 amide bonds. The van der Waals surface area contributed by atoms with E-state index >= 15 is 0 Å². The topological polar surface area (TPSA) is 90.9 Å². The Bertz CT molecular complexity index is 365. The third-order valence-electron chi connectivity index (χ3n) is 2.16. The van der Waals surface area contributed by atoms with Crippen molar-refractivity contribution in [3.05, 3.63) is 25.3 Å². The molecular weight excluding hydrogens is 242 g/mol. The normalized spacial score (nSPS) is 16.1. The van der Waals surface area contributed by atoms with Gasteiger partial charge < -0.3 is 19.5 Å². The van der Waals surface area contributed by atoms with Crippen LogP contribution in [0.15, 0.2) is 25.3 Å². The second-order valence-electron chi connectivity index (χ2n) is 3.61. The summed E-state index contributed by atoms with van der Waals surface area (Å²) in [7, 11) is 0. The first-order chi connectivity index (χ1) is 8.51. The average Bonchev–Trinajstić information content (AvgIpc) is 2.75. The smallest absolute Gasteiger partial charge is 0.408 e. The first-order valence-electron chi connectivity index (χ1n) is 5.05. The number of amides is 1. The SMILES string of the molecule is C=CC(=O)OCC1(COC(=O)C=C)COC(=O)N1. The number of cyclic esters (lactones) is 1. The molecule has 0 spiro atoms. The summed E-state index contributed by atoms with van der Waals surface area (Å²) in [6.45, 7) is 6.04. The highest BCUT2D eigenvalue weighted by Gasteiger charge is 2.42. The third-order valence-corrected chi connectivity index (χ3v) is 2.16. The van der Waals surface area contributed by atoms with Crippen LogP contribution in [0.2, 0.25) is 0 Å². The fraction of sp³-hybridized carbons (Fsp3) is 0.364. The van der Waals surface area contributed by atoms with E-state index in [1.165, 1.54) is 0 Å². The second-order valence-corrected chi connectivity index (χ2v) is 3.61. The molecule has 0 aromatic heterocycles. The number of esters is 2. The Morgan fingerprint density at radius 1 is 1.28 bits per heavy atom. The van der Waals surface area contributed by atoms with Crippen LogP contribution in [-0.2, 0) is 23.8 Å². The molecule has 0 aromatic carbocycles. The molecule has 0 saturated carbocycles. The number of carbonyl (C=O) groups excluding carboxylic acids is 3. The molecule has 1 heterocycles. The monoisotopic (exact) mass is 255 g/mol. The van der Waals surface area contributed by atoms with Gasteiger partial charge in [0.05, 0.1) is 0 Å². The fourth-order valence-electron chi connectivity index (χ4n) is 1.23. The van der Waals surface area contributed by atoms with E-state index in [0.29, 0.717) is 0 Å². The number of alkyl carbamates (subject to hydrolysis) is 1. The molecule has 0 aromatic rings. The van der Waals surface area contributed by atoms with E-state index in [2.05, 4.69) is 18.5 Å². The van der Waals surface area contributed by atoms with E-state index in [4.69, 9.17) is 14.2 Å². The minimum absolute atomic E-state index is 0.0688. The number of ether oxygens (including phenoxy) is 3. The second kappa shape index (κ2) is 5.85. The molecular formula is C11H13NO6. The number of hydrogen-bond acceptors (Lipinski definition) is 6. The summed E-state index contributed by atoms with van der Waals surface area (Å²) in [6, 6.07) is 0. The van der Waals surface area contributed by atoms with E-state index in [1.807, 2.05) is 0 Å². The molecule has 1 N–H and O–H groups in total. The highest BCUT2D eigenvalue weighted by Crippen LogP contribution is 2.15. The lowest BCUT2D eigenvalue weighted by molar-refractivity contribution is -0.144. The number of rotatable bonds is 6. The first-order valence-corrected chi connectivity index (χ1v) is 5.05. The van der Waals surface area contributed by atoms with Gasteiger partial charge >= 0.3 is 18.0 Å². The van der Waals surface area contributed by atoms with Crippen LogP contribution in [0.3, 0.4) is 0 Å². The molecule has 98 valence electrons. The van der Waals surface area contributed by atoms with E-state index in [-0.39, 0.29) is 19.8 Å². The zero-order valence-corrected chi connectivity index (χ0v) is 9.64. The predicted molar refractivity (Wildman–Crippen MR) is 59.5 cm³/mol. The van der Waals surface area contributed by atoms with Crippen LogP contribution in [-0.4, -0.2) is 43.4 Å². The van der Waals surface area contributed by atoms with E-state index in [1.54, 1.807) is 0 Å². The lowest BCUT2D eigenvalue weighted by Gasteiger charge is -2.24. The molecule has 7 nitrogen and oxygen atoms in total. The van der Waals surface area contributed by atoms with Gasteiger partial charge in [-0.2, -0.15) is 0 Å². The molecule has 1 aliphatic heterocycles. The van der Waals surface area contributed by atoms with Crippen molar-refractivity contribution in [2.24, 2.45) is 0 Å². The number of nitrogens with one attached hydrogen (secondary N) is 1. The van der Waals surface area contributed by atoms with Crippen LogP contribution >= 0.6 is 0 Å². The Balaban J connectivity index is 2.61. The molecule has 0 radical (unpaired) electrons. The van der Waals surface area contributed by atoms with Crippen molar-refractivity contribution in [1.29, 1.82) is 0 Å². The van der Waals surface area contributed by atoms with Gasteiger partial charge in [-0.05, 0) is 0 Å². The van der Waals surface area contributed by atoms with Crippen molar-refractivity contribution >= 4 is 18.0 Å². The first kappa shape index (κ1) is 13.8. The molecule has 0 bridgehead atoms. The van der Waals surface area contributed by atoms with E-state index in [9.17, 15) is 14.4 Å². The summed E-state index contributed by atoms with van der Waals surface area (Å²) in [4.78, 5) is 33.0. The standard InChI is InChI=1S/C11H13NO6/c1-3-8(13)16-5-11(6-17-9(14)4-2)7-18-10(15)12-11/h3-4H,1-2,5-7H2,(H,12,15). The summed E-state index contributed by atoms with van der Waals surface area (Å²) in [6.07, 6.45) is 1.31. The van der Waals surface area contributed by atoms with Gasteiger partial charge in [0.25, 0.3) is 0 Å². The largest absolute Gasteiger partial charge is 0.460 e. The lowest BCUT2D eigenvalue weighted by atomic mass is 10.1. The van der Waals surface area contributed by atoms with Crippen LogP contribution < -0.4 is 5.32 Å². The van der Waals surface area contributed by atoms with E-state index < -0.39 is 23.6 Å². The summed E-state index contributed by atoms with van der Waals surface area (Å²) in [5.41, 5.74) is -1.07. The Morgan fingerprint density at radius 2 is 1.78 bits per heavy atom. The maximum absolute atomic E-state index is 11.0. The third kappa shape index (κ3) is 3.62. The Kier molecular flexibility index (Phi) is 4.47. The van der Waals surface area contributed by atoms with Gasteiger partial charge in [0.1, 0.15) is 25.4 Å². The van der Waals surface area contributed by atoms with Gasteiger partial charge in [0.15, 0.2) is 0 Å². The van der Waals surface area contributed by atoms with Crippen molar-refractivity contribution in [3.63, 3.8) is 0 Å². The zero-order valence-electron chi connectivity index (χ0n) is 9.64. The summed E-state index contributed by atoms with van der Waals surface area (Å²) < 4.78 is 14.4. The fourth-order valence-corrected chi connectivity index (χ4v) is 1.23. The molecule has 1 saturated heterocycles. The average molecular weight is 255 g/mol. The summed E-state index contributed by atoms with van der Waals surface area (Å²) >= 11 is 0. The van der Waals surface area contributed by atoms with Gasteiger partial charge in [0.2, 0.25) is 0 Å². The molecule has 1 fully saturated rings. The minimum Gasteiger partial charge on any atom is -0.460 e. The molecule has 0 aliphatic carbocycles. The zero-order chi connectivity index (χ0) is 13.6. The van der Waals surface area contributed by atoms with Crippen molar-refractivity contribution in [3.8, 4) is 0 Å². The van der Waals surface area contributed by atoms with Crippen LogP contribution in [0, 0.1) is 0 Å². The quantitative estimate of drug-likeness (QED) is 0.405. The van der Waals surface area contributed by atoms with Gasteiger partial charge in [-0.1, -0.05) is 13.2 Å². The molecule has 0 atom stereocenters. The Hall–Kier alpha value is -2.31. The maximum atomic E-state index is 11.0. The van der Waals surface area contributed by atoms with Gasteiger partial charge in [-0.15, -0.1) is 0 Å². The lowest BCUT2D eigenvalue weighted by Crippen LogP contribution is -2.52. The number of carbonyl (C=O) groups is 3. The van der Waals surface area contributed by atoms with Gasteiger partial charge in [-0.3, -0.25) is 0 Å². The van der Waals surface area contributed by atoms with Crippen molar-refractivity contribution < 1.29 is 28.6 Å². The molecule has 7 heteroatoms. The maximum Gasteiger partial charge on any atom is 0.408 e. The van der Waals surface area contributed by atoms with Crippen molar-refractivity contribution in [2.75, 3.05) is 19.8 Å². The molecule has 0 unspecified atom stereocenters. The summed E-state index contributed by atoms with van der Waals surface area (Å²) in [5.74, 6) is -1.30. The van der Waals surface area contributed by atoms with E-state index in [0.717, 1.165) is 12.2 Å². The Morgan fingerprint density at radius 3 is 2.11 bits per heavy atom. The number of hydrogen-bond donors (Lipinski definition) is 1. The Labute approximate surface area is 103 Å².